The van der Waals surface area contributed by atoms with Crippen LogP contribution in [-0.2, 0) is 6.42 Å². The van der Waals surface area contributed by atoms with Crippen LogP contribution in [0.25, 0.3) is 10.8 Å². The summed E-state index contributed by atoms with van der Waals surface area (Å²) in [6, 6.07) is 15.4. The molecule has 2 aromatic rings. The van der Waals surface area contributed by atoms with E-state index in [2.05, 4.69) is 63.2 Å². The van der Waals surface area contributed by atoms with Crippen molar-refractivity contribution < 1.29 is 0 Å². The molecule has 0 atom stereocenters. The van der Waals surface area contributed by atoms with Crippen LogP contribution in [0.1, 0.15) is 45.6 Å². The van der Waals surface area contributed by atoms with E-state index in [1.54, 1.807) is 0 Å². The first kappa shape index (κ1) is 13.1. The lowest BCUT2D eigenvalue weighted by molar-refractivity contribution is 0.305. The highest BCUT2D eigenvalue weighted by molar-refractivity contribution is 5.85. The SMILES string of the molecule is CCCC(C)(C)CCc1cccc2ccccc12. The van der Waals surface area contributed by atoms with Crippen molar-refractivity contribution in [3.63, 3.8) is 0 Å². The molecule has 0 bridgehead atoms. The average molecular weight is 240 g/mol. The second-order valence-electron chi connectivity index (χ2n) is 6.05. The van der Waals surface area contributed by atoms with Crippen molar-refractivity contribution in [2.24, 2.45) is 5.41 Å². The predicted octanol–water partition coefficient (Wildman–Crippen LogP) is 5.60. The van der Waals surface area contributed by atoms with Crippen LogP contribution in [0.3, 0.4) is 0 Å². The normalized spacial score (nSPS) is 11.9. The van der Waals surface area contributed by atoms with Gasteiger partial charge in [-0.15, -0.1) is 0 Å². The fraction of sp³-hybridized carbons (Fsp3) is 0.444. The van der Waals surface area contributed by atoms with Crippen LogP contribution in [0.15, 0.2) is 42.5 Å². The van der Waals surface area contributed by atoms with Gasteiger partial charge in [-0.05, 0) is 41.0 Å². The van der Waals surface area contributed by atoms with Gasteiger partial charge in [0.05, 0.1) is 0 Å². The lowest BCUT2D eigenvalue weighted by Crippen LogP contribution is -2.12. The zero-order valence-electron chi connectivity index (χ0n) is 11.9. The first-order valence-electron chi connectivity index (χ1n) is 7.09. The molecule has 0 unspecified atom stereocenters. The van der Waals surface area contributed by atoms with Crippen LogP contribution >= 0.6 is 0 Å². The van der Waals surface area contributed by atoms with Crippen LogP contribution in [0.2, 0.25) is 0 Å². The molecule has 96 valence electrons. The molecule has 0 nitrogen and oxygen atoms in total. The molecule has 0 heterocycles. The Morgan fingerprint density at radius 3 is 2.39 bits per heavy atom. The van der Waals surface area contributed by atoms with Crippen LogP contribution in [0.5, 0.6) is 0 Å². The van der Waals surface area contributed by atoms with Crippen molar-refractivity contribution in [1.82, 2.24) is 0 Å². The molecule has 0 spiro atoms. The van der Waals surface area contributed by atoms with Gasteiger partial charge in [0.25, 0.3) is 0 Å². The zero-order chi connectivity index (χ0) is 13.0. The summed E-state index contributed by atoms with van der Waals surface area (Å²) in [4.78, 5) is 0. The summed E-state index contributed by atoms with van der Waals surface area (Å²) in [5, 5.41) is 2.79. The second kappa shape index (κ2) is 5.56. The van der Waals surface area contributed by atoms with E-state index < -0.39 is 0 Å². The second-order valence-corrected chi connectivity index (χ2v) is 6.05. The van der Waals surface area contributed by atoms with Gasteiger partial charge in [-0.1, -0.05) is 69.7 Å². The maximum absolute atomic E-state index is 2.39. The van der Waals surface area contributed by atoms with E-state index in [1.165, 1.54) is 42.0 Å². The standard InChI is InChI=1S/C18H24/c1-4-13-18(2,3)14-12-16-10-7-9-15-8-5-6-11-17(15)16/h5-11H,4,12-14H2,1-3H3. The molecule has 0 saturated carbocycles. The maximum atomic E-state index is 2.39. The van der Waals surface area contributed by atoms with Crippen molar-refractivity contribution in [2.75, 3.05) is 0 Å². The molecular weight excluding hydrogens is 216 g/mol. The number of aryl methyl sites for hydroxylation is 1. The van der Waals surface area contributed by atoms with Gasteiger partial charge in [0.1, 0.15) is 0 Å². The fourth-order valence-corrected chi connectivity index (χ4v) is 2.79. The van der Waals surface area contributed by atoms with Gasteiger partial charge in [0.2, 0.25) is 0 Å². The average Bonchev–Trinajstić information content (AvgIpc) is 2.36. The van der Waals surface area contributed by atoms with Gasteiger partial charge in [-0.2, -0.15) is 0 Å². The van der Waals surface area contributed by atoms with Gasteiger partial charge in [0.15, 0.2) is 0 Å². The van der Waals surface area contributed by atoms with Gasteiger partial charge < -0.3 is 0 Å². The molecule has 0 aromatic heterocycles. The summed E-state index contributed by atoms with van der Waals surface area (Å²) in [5.41, 5.74) is 1.96. The molecule has 0 heteroatoms. The monoisotopic (exact) mass is 240 g/mol. The quantitative estimate of drug-likeness (QED) is 0.638. The molecular formula is C18H24. The van der Waals surface area contributed by atoms with Crippen LogP contribution in [-0.4, -0.2) is 0 Å². The highest BCUT2D eigenvalue weighted by Crippen LogP contribution is 2.30. The Morgan fingerprint density at radius 2 is 1.61 bits per heavy atom. The van der Waals surface area contributed by atoms with E-state index in [9.17, 15) is 0 Å². The van der Waals surface area contributed by atoms with Crippen molar-refractivity contribution in [3.8, 4) is 0 Å². The molecule has 0 saturated heterocycles. The van der Waals surface area contributed by atoms with E-state index >= 15 is 0 Å². The zero-order valence-corrected chi connectivity index (χ0v) is 11.9. The molecule has 18 heavy (non-hydrogen) atoms. The Morgan fingerprint density at radius 1 is 0.889 bits per heavy atom. The van der Waals surface area contributed by atoms with Crippen molar-refractivity contribution >= 4 is 10.8 Å². The first-order chi connectivity index (χ1) is 8.62. The third kappa shape index (κ3) is 3.13. The lowest BCUT2D eigenvalue weighted by Gasteiger charge is -2.24. The Hall–Kier alpha value is -1.30. The number of hydrogen-bond donors (Lipinski definition) is 0. The molecule has 0 amide bonds. The molecule has 0 radical (unpaired) electrons. The third-order valence-electron chi connectivity index (χ3n) is 3.88. The Kier molecular flexibility index (Phi) is 4.06. The smallest absolute Gasteiger partial charge is 0.0152 e. The first-order valence-corrected chi connectivity index (χ1v) is 7.09. The van der Waals surface area contributed by atoms with Crippen molar-refractivity contribution in [1.29, 1.82) is 0 Å². The largest absolute Gasteiger partial charge is 0.0654 e. The Balaban J connectivity index is 2.17. The number of hydrogen-bond acceptors (Lipinski definition) is 0. The molecule has 0 aliphatic heterocycles. The molecule has 2 rings (SSSR count). The topological polar surface area (TPSA) is 0 Å². The van der Waals surface area contributed by atoms with Crippen LogP contribution in [0.4, 0.5) is 0 Å². The van der Waals surface area contributed by atoms with Crippen LogP contribution in [0, 0.1) is 5.41 Å². The van der Waals surface area contributed by atoms with Gasteiger partial charge >= 0.3 is 0 Å². The summed E-state index contributed by atoms with van der Waals surface area (Å²) in [5.74, 6) is 0. The fourth-order valence-electron chi connectivity index (χ4n) is 2.79. The third-order valence-corrected chi connectivity index (χ3v) is 3.88. The van der Waals surface area contributed by atoms with E-state index in [-0.39, 0.29) is 0 Å². The maximum Gasteiger partial charge on any atom is -0.0152 e. The molecule has 0 N–H and O–H groups in total. The lowest BCUT2D eigenvalue weighted by atomic mass is 9.82. The van der Waals surface area contributed by atoms with Crippen molar-refractivity contribution in [3.05, 3.63) is 48.0 Å². The van der Waals surface area contributed by atoms with Gasteiger partial charge in [-0.25, -0.2) is 0 Å². The molecule has 0 fully saturated rings. The molecule has 2 aromatic carbocycles. The van der Waals surface area contributed by atoms with E-state index in [1.807, 2.05) is 0 Å². The minimum Gasteiger partial charge on any atom is -0.0654 e. The molecule has 0 aliphatic rings. The van der Waals surface area contributed by atoms with Crippen molar-refractivity contribution in [2.45, 2.75) is 46.5 Å². The minimum atomic E-state index is 0.464. The number of benzene rings is 2. The van der Waals surface area contributed by atoms with Crippen LogP contribution < -0.4 is 0 Å². The van der Waals surface area contributed by atoms with E-state index in [4.69, 9.17) is 0 Å². The number of rotatable bonds is 5. The molecule has 0 aliphatic carbocycles. The summed E-state index contributed by atoms with van der Waals surface area (Å²) < 4.78 is 0. The Bertz CT molecular complexity index is 503. The summed E-state index contributed by atoms with van der Waals surface area (Å²) in [6.45, 7) is 7.06. The highest BCUT2D eigenvalue weighted by atomic mass is 14.2. The number of fused-ring (bicyclic) bond motifs is 1. The summed E-state index contributed by atoms with van der Waals surface area (Å²) >= 11 is 0. The van der Waals surface area contributed by atoms with E-state index in [0.29, 0.717) is 5.41 Å². The minimum absolute atomic E-state index is 0.464. The summed E-state index contributed by atoms with van der Waals surface area (Å²) in [7, 11) is 0. The summed E-state index contributed by atoms with van der Waals surface area (Å²) in [6.07, 6.45) is 5.06. The van der Waals surface area contributed by atoms with E-state index in [0.717, 1.165) is 0 Å². The Labute approximate surface area is 111 Å². The highest BCUT2D eigenvalue weighted by Gasteiger charge is 2.16. The predicted molar refractivity (Wildman–Crippen MR) is 81.0 cm³/mol. The van der Waals surface area contributed by atoms with Gasteiger partial charge in [0, 0.05) is 0 Å². The van der Waals surface area contributed by atoms with Gasteiger partial charge in [-0.3, -0.25) is 0 Å².